The quantitative estimate of drug-likeness (QED) is 0.757. The Morgan fingerprint density at radius 1 is 1.33 bits per heavy atom. The summed E-state index contributed by atoms with van der Waals surface area (Å²) in [4.78, 5) is 0. The molecule has 0 spiro atoms. The Morgan fingerprint density at radius 2 is 2.19 bits per heavy atom. The minimum absolute atomic E-state index is 0.461. The zero-order valence-electron chi connectivity index (χ0n) is 13.2. The second-order valence-corrected chi connectivity index (χ2v) is 5.39. The van der Waals surface area contributed by atoms with Crippen LogP contribution in [-0.2, 0) is 6.54 Å². The van der Waals surface area contributed by atoms with Gasteiger partial charge in [-0.05, 0) is 44.0 Å². The Morgan fingerprint density at radius 3 is 2.95 bits per heavy atom. The van der Waals surface area contributed by atoms with Crippen LogP contribution >= 0.6 is 0 Å². The lowest BCUT2D eigenvalue weighted by atomic mass is 10.2. The molecular formula is C17H25N3O. The number of hydrogen-bond acceptors (Lipinski definition) is 3. The second-order valence-electron chi connectivity index (χ2n) is 5.39. The van der Waals surface area contributed by atoms with Crippen LogP contribution in [0, 0.1) is 6.92 Å². The van der Waals surface area contributed by atoms with Gasteiger partial charge in [-0.2, -0.15) is 5.10 Å². The minimum atomic E-state index is 0.461. The molecule has 1 aromatic carbocycles. The highest BCUT2D eigenvalue weighted by atomic mass is 16.5. The molecule has 0 saturated carbocycles. The van der Waals surface area contributed by atoms with Crippen molar-refractivity contribution >= 4 is 0 Å². The summed E-state index contributed by atoms with van der Waals surface area (Å²) in [5.74, 6) is 0.929. The topological polar surface area (TPSA) is 39.1 Å². The van der Waals surface area contributed by atoms with Gasteiger partial charge in [0.1, 0.15) is 12.4 Å². The molecular weight excluding hydrogens is 262 g/mol. The summed E-state index contributed by atoms with van der Waals surface area (Å²) in [6.07, 6.45) is 3.15. The molecule has 2 aromatic rings. The monoisotopic (exact) mass is 287 g/mol. The largest absolute Gasteiger partial charge is 0.492 e. The molecule has 21 heavy (non-hydrogen) atoms. The zero-order valence-corrected chi connectivity index (χ0v) is 13.2. The minimum Gasteiger partial charge on any atom is -0.492 e. The predicted molar refractivity (Wildman–Crippen MR) is 85.6 cm³/mol. The Hall–Kier alpha value is -1.81. The van der Waals surface area contributed by atoms with Gasteiger partial charge in [-0.1, -0.05) is 19.1 Å². The molecule has 1 heterocycles. The lowest BCUT2D eigenvalue weighted by Gasteiger charge is -2.09. The van der Waals surface area contributed by atoms with E-state index in [1.165, 1.54) is 5.56 Å². The SMILES string of the molecule is CCC(C)n1ccc(CNCCOc2cccc(C)c2)n1. The first-order chi connectivity index (χ1) is 10.2. The van der Waals surface area contributed by atoms with E-state index in [0.29, 0.717) is 12.6 Å². The first-order valence-electron chi connectivity index (χ1n) is 7.63. The van der Waals surface area contributed by atoms with E-state index >= 15 is 0 Å². The van der Waals surface area contributed by atoms with Crippen molar-refractivity contribution < 1.29 is 4.74 Å². The second kappa shape index (κ2) is 7.84. The van der Waals surface area contributed by atoms with Crippen LogP contribution in [-0.4, -0.2) is 22.9 Å². The van der Waals surface area contributed by atoms with Gasteiger partial charge >= 0.3 is 0 Å². The highest BCUT2D eigenvalue weighted by Crippen LogP contribution is 2.12. The van der Waals surface area contributed by atoms with E-state index in [4.69, 9.17) is 4.74 Å². The molecule has 0 aliphatic heterocycles. The summed E-state index contributed by atoms with van der Waals surface area (Å²) in [5, 5.41) is 7.92. The van der Waals surface area contributed by atoms with Crippen LogP contribution in [0.2, 0.25) is 0 Å². The molecule has 0 fully saturated rings. The number of hydrogen-bond donors (Lipinski definition) is 1. The van der Waals surface area contributed by atoms with Gasteiger partial charge in [0.2, 0.25) is 0 Å². The smallest absolute Gasteiger partial charge is 0.119 e. The fraction of sp³-hybridized carbons (Fsp3) is 0.471. The number of aryl methyl sites for hydroxylation is 1. The van der Waals surface area contributed by atoms with E-state index in [0.717, 1.165) is 31.0 Å². The summed E-state index contributed by atoms with van der Waals surface area (Å²) in [7, 11) is 0. The van der Waals surface area contributed by atoms with Crippen LogP contribution in [0.5, 0.6) is 5.75 Å². The van der Waals surface area contributed by atoms with Gasteiger partial charge in [0.25, 0.3) is 0 Å². The van der Waals surface area contributed by atoms with Gasteiger partial charge in [0, 0.05) is 25.3 Å². The highest BCUT2D eigenvalue weighted by molar-refractivity contribution is 5.27. The van der Waals surface area contributed by atoms with E-state index in [2.05, 4.69) is 49.5 Å². The van der Waals surface area contributed by atoms with Gasteiger partial charge in [0.15, 0.2) is 0 Å². The van der Waals surface area contributed by atoms with Gasteiger partial charge in [-0.15, -0.1) is 0 Å². The Balaban J connectivity index is 1.67. The first-order valence-corrected chi connectivity index (χ1v) is 7.63. The molecule has 0 aliphatic carbocycles. The Labute approximate surface area is 127 Å². The fourth-order valence-corrected chi connectivity index (χ4v) is 2.07. The lowest BCUT2D eigenvalue weighted by Crippen LogP contribution is -2.21. The third kappa shape index (κ3) is 4.90. The number of nitrogens with one attached hydrogen (secondary N) is 1. The van der Waals surface area contributed by atoms with Crippen molar-refractivity contribution in [1.82, 2.24) is 15.1 Å². The van der Waals surface area contributed by atoms with Crippen LogP contribution in [0.4, 0.5) is 0 Å². The van der Waals surface area contributed by atoms with E-state index < -0.39 is 0 Å². The summed E-state index contributed by atoms with van der Waals surface area (Å²) in [6.45, 7) is 8.67. The number of rotatable bonds is 8. The molecule has 114 valence electrons. The summed E-state index contributed by atoms with van der Waals surface area (Å²) in [5.41, 5.74) is 2.29. The van der Waals surface area contributed by atoms with Crippen molar-refractivity contribution in [3.8, 4) is 5.75 Å². The van der Waals surface area contributed by atoms with Crippen LogP contribution in [0.1, 0.15) is 37.6 Å². The van der Waals surface area contributed by atoms with E-state index in [-0.39, 0.29) is 0 Å². The third-order valence-electron chi connectivity index (χ3n) is 3.55. The molecule has 4 heteroatoms. The molecule has 1 N–H and O–H groups in total. The molecule has 0 radical (unpaired) electrons. The summed E-state index contributed by atoms with van der Waals surface area (Å²) < 4.78 is 7.73. The molecule has 0 bridgehead atoms. The fourth-order valence-electron chi connectivity index (χ4n) is 2.07. The average molecular weight is 287 g/mol. The van der Waals surface area contributed by atoms with Crippen LogP contribution in [0.3, 0.4) is 0 Å². The number of benzene rings is 1. The van der Waals surface area contributed by atoms with Crippen molar-refractivity contribution in [2.45, 2.75) is 39.8 Å². The molecule has 1 aromatic heterocycles. The molecule has 1 unspecified atom stereocenters. The average Bonchev–Trinajstić information content (AvgIpc) is 2.95. The van der Waals surface area contributed by atoms with Crippen molar-refractivity contribution in [1.29, 1.82) is 0 Å². The van der Waals surface area contributed by atoms with Gasteiger partial charge < -0.3 is 10.1 Å². The number of ether oxygens (including phenoxy) is 1. The maximum atomic E-state index is 5.70. The van der Waals surface area contributed by atoms with Crippen molar-refractivity contribution in [2.24, 2.45) is 0 Å². The van der Waals surface area contributed by atoms with Crippen molar-refractivity contribution in [3.63, 3.8) is 0 Å². The van der Waals surface area contributed by atoms with Gasteiger partial charge in [-0.3, -0.25) is 4.68 Å². The molecule has 4 nitrogen and oxygen atoms in total. The molecule has 2 rings (SSSR count). The maximum absolute atomic E-state index is 5.70. The van der Waals surface area contributed by atoms with E-state index in [9.17, 15) is 0 Å². The molecule has 1 atom stereocenters. The van der Waals surface area contributed by atoms with Crippen LogP contribution in [0.25, 0.3) is 0 Å². The van der Waals surface area contributed by atoms with Crippen LogP contribution < -0.4 is 10.1 Å². The maximum Gasteiger partial charge on any atom is 0.119 e. The zero-order chi connectivity index (χ0) is 15.1. The molecule has 0 aliphatic rings. The Kier molecular flexibility index (Phi) is 5.81. The highest BCUT2D eigenvalue weighted by Gasteiger charge is 2.04. The molecule has 0 saturated heterocycles. The predicted octanol–water partition coefficient (Wildman–Crippen LogP) is 3.33. The standard InChI is InChI=1S/C17H25N3O/c1-4-15(3)20-10-8-16(19-20)13-18-9-11-21-17-7-5-6-14(2)12-17/h5-8,10,12,15,18H,4,9,11,13H2,1-3H3. The van der Waals surface area contributed by atoms with Crippen molar-refractivity contribution in [2.75, 3.05) is 13.2 Å². The number of aromatic nitrogens is 2. The van der Waals surface area contributed by atoms with Crippen molar-refractivity contribution in [3.05, 3.63) is 47.8 Å². The third-order valence-corrected chi connectivity index (χ3v) is 3.55. The van der Waals surface area contributed by atoms with E-state index in [1.54, 1.807) is 0 Å². The summed E-state index contributed by atoms with van der Waals surface area (Å²) in [6, 6.07) is 10.6. The summed E-state index contributed by atoms with van der Waals surface area (Å²) >= 11 is 0. The normalized spacial score (nSPS) is 12.3. The Bertz CT molecular complexity index is 550. The molecule has 0 amide bonds. The van der Waals surface area contributed by atoms with E-state index in [1.807, 2.05) is 22.9 Å². The van der Waals surface area contributed by atoms with Crippen LogP contribution in [0.15, 0.2) is 36.5 Å². The van der Waals surface area contributed by atoms with Gasteiger partial charge in [-0.25, -0.2) is 0 Å². The number of nitrogens with zero attached hydrogens (tertiary/aromatic N) is 2. The first kappa shape index (κ1) is 15.6. The van der Waals surface area contributed by atoms with Gasteiger partial charge in [0.05, 0.1) is 5.69 Å². The lowest BCUT2D eigenvalue weighted by molar-refractivity contribution is 0.313.